The summed E-state index contributed by atoms with van der Waals surface area (Å²) in [5.74, 6) is 0. The number of nitrogens with one attached hydrogen (secondary N) is 1. The van der Waals surface area contributed by atoms with Gasteiger partial charge in [-0.3, -0.25) is 4.99 Å². The zero-order chi connectivity index (χ0) is 23.6. The molecule has 4 rings (SSSR count). The second-order valence-corrected chi connectivity index (χ2v) is 9.11. The lowest BCUT2D eigenvalue weighted by Crippen LogP contribution is -2.63. The number of nitrogens with zero attached hydrogens (tertiary/aromatic N) is 1. The van der Waals surface area contributed by atoms with Crippen molar-refractivity contribution < 1.29 is 32.9 Å². The van der Waals surface area contributed by atoms with Crippen LogP contribution in [0, 0.1) is 0 Å². The van der Waals surface area contributed by atoms with Crippen molar-refractivity contribution in [1.82, 2.24) is 5.32 Å². The molecule has 10 heteroatoms. The number of aliphatic imine (C=N–C) groups is 1. The van der Waals surface area contributed by atoms with Crippen LogP contribution in [-0.4, -0.2) is 64.5 Å². The van der Waals surface area contributed by atoms with Crippen molar-refractivity contribution in [3.8, 4) is 0 Å². The third-order valence-electron chi connectivity index (χ3n) is 5.68. The molecule has 178 valence electrons. The molecule has 2 aliphatic heterocycles. The number of amidine groups is 1. The van der Waals surface area contributed by atoms with E-state index in [2.05, 4.69) is 10.3 Å². The highest BCUT2D eigenvalue weighted by Gasteiger charge is 2.57. The van der Waals surface area contributed by atoms with Gasteiger partial charge in [0.1, 0.15) is 23.7 Å². The fourth-order valence-corrected chi connectivity index (χ4v) is 5.03. The third kappa shape index (κ3) is 5.52. The van der Waals surface area contributed by atoms with Crippen molar-refractivity contribution >= 4 is 16.9 Å². The maximum absolute atomic E-state index is 13.9. The molecular weight excluding hydrogens is 457 g/mol. The minimum atomic E-state index is -4.80. The Bertz CT molecular complexity index is 958. The molecule has 2 aromatic carbocycles. The Labute approximate surface area is 193 Å². The number of benzene rings is 2. The molecule has 6 nitrogen and oxygen atoms in total. The van der Waals surface area contributed by atoms with Crippen LogP contribution in [0.4, 0.5) is 13.2 Å². The van der Waals surface area contributed by atoms with Gasteiger partial charge in [-0.05, 0) is 23.1 Å². The number of hydrogen-bond acceptors (Lipinski definition) is 6. The Morgan fingerprint density at radius 2 is 1.67 bits per heavy atom. The number of aliphatic hydroxyl groups is 2. The van der Waals surface area contributed by atoms with E-state index in [1.54, 1.807) is 12.1 Å². The second kappa shape index (κ2) is 10.0. The van der Waals surface area contributed by atoms with Crippen molar-refractivity contribution in [3.63, 3.8) is 0 Å². The molecule has 2 aromatic rings. The first-order chi connectivity index (χ1) is 15.8. The van der Waals surface area contributed by atoms with Crippen LogP contribution in [0.1, 0.15) is 16.7 Å². The molecule has 2 fully saturated rings. The van der Waals surface area contributed by atoms with Gasteiger partial charge in [-0.15, -0.1) is 0 Å². The first kappa shape index (κ1) is 24.0. The highest BCUT2D eigenvalue weighted by Crippen LogP contribution is 2.39. The van der Waals surface area contributed by atoms with Crippen LogP contribution in [0.3, 0.4) is 0 Å². The quantitative estimate of drug-likeness (QED) is 0.588. The SMILES string of the molecule is CN=C1NC2C(OC(C(OCc3ccc(Cc4ccccc4)cc3)C(F)(F)F)C(O)C2O)S1. The van der Waals surface area contributed by atoms with Gasteiger partial charge in [0, 0.05) is 7.05 Å². The standard InChI is InChI=1S/C23H25F3N2O4S/c1-27-22-28-16-17(29)18(30)19(32-21(16)33-22)20(23(24,25)26)31-12-15-9-7-14(8-10-15)11-13-5-3-2-4-6-13/h2-10,16-21,29-30H,11-12H2,1H3,(H,27,28). The smallest absolute Gasteiger partial charge is 0.388 e. The van der Waals surface area contributed by atoms with E-state index >= 15 is 0 Å². The first-order valence-corrected chi connectivity index (χ1v) is 11.4. The summed E-state index contributed by atoms with van der Waals surface area (Å²) in [5.41, 5.74) is 1.89. The van der Waals surface area contributed by atoms with Gasteiger partial charge in [0.25, 0.3) is 0 Å². The molecule has 0 amide bonds. The Kier molecular flexibility index (Phi) is 7.30. The summed E-state index contributed by atoms with van der Waals surface area (Å²) in [7, 11) is 1.51. The average Bonchev–Trinajstić information content (AvgIpc) is 3.21. The molecule has 0 spiro atoms. The highest BCUT2D eigenvalue weighted by molar-refractivity contribution is 8.14. The lowest BCUT2D eigenvalue weighted by atomic mass is 9.94. The zero-order valence-electron chi connectivity index (χ0n) is 17.8. The predicted octanol–water partition coefficient (Wildman–Crippen LogP) is 2.86. The lowest BCUT2D eigenvalue weighted by Gasteiger charge is -2.42. The largest absolute Gasteiger partial charge is 0.417 e. The molecular formula is C23H25F3N2O4S. The number of alkyl halides is 3. The molecule has 3 N–H and O–H groups in total. The Balaban J connectivity index is 1.43. The number of rotatable bonds is 6. The summed E-state index contributed by atoms with van der Waals surface area (Å²) in [6.07, 6.45) is -11.5. The lowest BCUT2D eigenvalue weighted by molar-refractivity contribution is -0.287. The molecule has 2 heterocycles. The number of fused-ring (bicyclic) bond motifs is 1. The van der Waals surface area contributed by atoms with Gasteiger partial charge in [0.2, 0.25) is 0 Å². The Hall–Kier alpha value is -2.11. The van der Waals surface area contributed by atoms with Gasteiger partial charge in [0.15, 0.2) is 11.3 Å². The summed E-state index contributed by atoms with van der Waals surface area (Å²) in [4.78, 5) is 3.94. The molecule has 2 saturated heterocycles. The molecule has 0 aromatic heterocycles. The van der Waals surface area contributed by atoms with Gasteiger partial charge in [0.05, 0.1) is 12.6 Å². The summed E-state index contributed by atoms with van der Waals surface area (Å²) in [6, 6.07) is 16.2. The van der Waals surface area contributed by atoms with Crippen LogP contribution < -0.4 is 5.32 Å². The van der Waals surface area contributed by atoms with Gasteiger partial charge < -0.3 is 25.0 Å². The minimum absolute atomic E-state index is 0.320. The van der Waals surface area contributed by atoms with E-state index in [0.717, 1.165) is 22.9 Å². The molecule has 0 radical (unpaired) electrons. The molecule has 0 aliphatic carbocycles. The molecule has 2 aliphatic rings. The van der Waals surface area contributed by atoms with Crippen LogP contribution in [0.15, 0.2) is 59.6 Å². The normalized spacial score (nSPS) is 29.5. The molecule has 6 atom stereocenters. The van der Waals surface area contributed by atoms with Crippen molar-refractivity contribution in [2.45, 2.75) is 55.1 Å². The van der Waals surface area contributed by atoms with E-state index in [4.69, 9.17) is 9.47 Å². The zero-order valence-corrected chi connectivity index (χ0v) is 18.6. The average molecular weight is 483 g/mol. The highest BCUT2D eigenvalue weighted by atomic mass is 32.2. The fraction of sp³-hybridized carbons (Fsp3) is 0.435. The fourth-order valence-electron chi connectivity index (χ4n) is 3.94. The van der Waals surface area contributed by atoms with Crippen molar-refractivity contribution in [3.05, 3.63) is 71.3 Å². The first-order valence-electron chi connectivity index (χ1n) is 10.5. The van der Waals surface area contributed by atoms with Gasteiger partial charge in [-0.1, -0.05) is 66.4 Å². The van der Waals surface area contributed by atoms with E-state index in [-0.39, 0.29) is 6.61 Å². The van der Waals surface area contributed by atoms with Gasteiger partial charge in [-0.2, -0.15) is 13.2 Å². The van der Waals surface area contributed by atoms with Gasteiger partial charge in [-0.25, -0.2) is 0 Å². The number of ether oxygens (including phenoxy) is 2. The van der Waals surface area contributed by atoms with Crippen molar-refractivity contribution in [1.29, 1.82) is 0 Å². The van der Waals surface area contributed by atoms with Crippen LogP contribution in [0.25, 0.3) is 0 Å². The minimum Gasteiger partial charge on any atom is -0.388 e. The predicted molar refractivity (Wildman–Crippen MR) is 119 cm³/mol. The third-order valence-corrected chi connectivity index (χ3v) is 6.84. The van der Waals surface area contributed by atoms with E-state index in [9.17, 15) is 23.4 Å². The molecule has 33 heavy (non-hydrogen) atoms. The maximum atomic E-state index is 13.9. The summed E-state index contributed by atoms with van der Waals surface area (Å²) in [6.45, 7) is -0.320. The number of hydrogen-bond donors (Lipinski definition) is 3. The topological polar surface area (TPSA) is 83.3 Å². The second-order valence-electron chi connectivity index (χ2n) is 8.02. The van der Waals surface area contributed by atoms with Crippen molar-refractivity contribution in [2.24, 2.45) is 4.99 Å². The molecule has 0 bridgehead atoms. The van der Waals surface area contributed by atoms with Crippen LogP contribution >= 0.6 is 11.8 Å². The Morgan fingerprint density at radius 1 is 1.03 bits per heavy atom. The number of thioether (sulfide) groups is 1. The summed E-state index contributed by atoms with van der Waals surface area (Å²) in [5, 5.41) is 24.1. The van der Waals surface area contributed by atoms with Crippen molar-refractivity contribution in [2.75, 3.05) is 7.05 Å². The molecule has 0 saturated carbocycles. The number of halogens is 3. The summed E-state index contributed by atoms with van der Waals surface area (Å²) >= 11 is 1.07. The molecule has 6 unspecified atom stereocenters. The van der Waals surface area contributed by atoms with Crippen LogP contribution in [0.5, 0.6) is 0 Å². The maximum Gasteiger partial charge on any atom is 0.417 e. The van der Waals surface area contributed by atoms with Crippen LogP contribution in [0.2, 0.25) is 0 Å². The summed E-state index contributed by atoms with van der Waals surface area (Å²) < 4.78 is 52.4. The van der Waals surface area contributed by atoms with Gasteiger partial charge >= 0.3 is 6.18 Å². The Morgan fingerprint density at radius 3 is 2.30 bits per heavy atom. The number of aliphatic hydroxyl groups excluding tert-OH is 2. The van der Waals surface area contributed by atoms with Crippen LogP contribution in [-0.2, 0) is 22.5 Å². The van der Waals surface area contributed by atoms with E-state index < -0.39 is 42.1 Å². The van der Waals surface area contributed by atoms with E-state index in [1.807, 2.05) is 42.5 Å². The monoisotopic (exact) mass is 482 g/mol. The van der Waals surface area contributed by atoms with E-state index in [0.29, 0.717) is 17.2 Å². The van der Waals surface area contributed by atoms with E-state index in [1.165, 1.54) is 7.05 Å².